The topological polar surface area (TPSA) is 75.7 Å². The van der Waals surface area contributed by atoms with Crippen molar-refractivity contribution in [2.75, 3.05) is 13.2 Å². The Morgan fingerprint density at radius 2 is 1.96 bits per heavy atom. The van der Waals surface area contributed by atoms with Gasteiger partial charge in [-0.05, 0) is 69.4 Å². The zero-order chi connectivity index (χ0) is 17.4. The molecule has 0 saturated heterocycles. The van der Waals surface area contributed by atoms with Gasteiger partial charge in [-0.25, -0.2) is 0 Å². The Hall–Kier alpha value is -0.580. The Morgan fingerprint density at radius 3 is 2.71 bits per heavy atom. The monoisotopic (exact) mass is 339 g/mol. The van der Waals surface area contributed by atoms with Gasteiger partial charge >= 0.3 is 0 Å². The molecule has 4 heteroatoms. The number of ether oxygens (including phenoxy) is 1. The van der Waals surface area contributed by atoms with Crippen LogP contribution in [0.4, 0.5) is 0 Å². The van der Waals surface area contributed by atoms with Crippen molar-refractivity contribution in [3.8, 4) is 0 Å². The molecule has 2 aliphatic carbocycles. The molecule has 0 spiro atoms. The van der Waals surface area contributed by atoms with Crippen LogP contribution in [0.2, 0.25) is 0 Å². The third kappa shape index (κ3) is 5.47. The molecule has 0 radical (unpaired) electrons. The zero-order valence-electron chi connectivity index (χ0n) is 15.3. The molecule has 0 aromatic heterocycles. The van der Waals surface area contributed by atoms with E-state index in [1.807, 2.05) is 6.08 Å². The van der Waals surface area contributed by atoms with Crippen molar-refractivity contribution < 1.29 is 14.9 Å². The summed E-state index contributed by atoms with van der Waals surface area (Å²) in [5.41, 5.74) is 5.51. The Bertz CT molecular complexity index is 385. The van der Waals surface area contributed by atoms with E-state index in [0.717, 1.165) is 58.1 Å². The lowest BCUT2D eigenvalue weighted by atomic mass is 9.89. The zero-order valence-corrected chi connectivity index (χ0v) is 15.3. The van der Waals surface area contributed by atoms with Crippen LogP contribution in [-0.4, -0.2) is 35.6 Å². The van der Waals surface area contributed by atoms with Crippen LogP contribution in [0.1, 0.15) is 71.1 Å². The summed E-state index contributed by atoms with van der Waals surface area (Å²) in [6, 6.07) is 0. The number of hydrogen-bond donors (Lipinski definition) is 3. The molecule has 0 bridgehead atoms. The highest BCUT2D eigenvalue weighted by Crippen LogP contribution is 2.50. The summed E-state index contributed by atoms with van der Waals surface area (Å²) in [6.45, 7) is 3.72. The molecule has 0 unspecified atom stereocenters. The Morgan fingerprint density at radius 1 is 1.12 bits per heavy atom. The molecular formula is C20H37NO3. The van der Waals surface area contributed by atoms with Gasteiger partial charge in [0.1, 0.15) is 0 Å². The standard InChI is InChI=1S/C20H37NO3/c1-2-3-4-5-6-9-18(22)20-17-14-16(24-11-8-7-10-21)12-15(17)13-19(20)23/h9,15-17,19-20,22-23H,2-8,10-14,21H2,1H3/b18-9+/t15-,16+,17-,19-,20+/m1/s1. The van der Waals surface area contributed by atoms with Crippen LogP contribution in [0.25, 0.3) is 0 Å². The van der Waals surface area contributed by atoms with Crippen molar-refractivity contribution in [3.63, 3.8) is 0 Å². The smallest absolute Gasteiger partial charge is 0.0942 e. The highest BCUT2D eigenvalue weighted by atomic mass is 16.5. The molecule has 0 aromatic rings. The van der Waals surface area contributed by atoms with Crippen molar-refractivity contribution in [2.45, 2.75) is 83.3 Å². The van der Waals surface area contributed by atoms with Crippen molar-refractivity contribution in [1.29, 1.82) is 0 Å². The number of hydrogen-bond acceptors (Lipinski definition) is 4. The van der Waals surface area contributed by atoms with Crippen LogP contribution in [0.3, 0.4) is 0 Å². The Balaban J connectivity index is 1.79. The number of unbranched alkanes of at least 4 members (excludes halogenated alkanes) is 5. The number of rotatable bonds is 11. The molecule has 5 atom stereocenters. The minimum atomic E-state index is -0.384. The van der Waals surface area contributed by atoms with Gasteiger partial charge < -0.3 is 20.7 Å². The average molecular weight is 340 g/mol. The Kier molecular flexibility index (Phi) is 8.57. The van der Waals surface area contributed by atoms with Crippen molar-refractivity contribution in [2.24, 2.45) is 23.5 Å². The molecule has 0 heterocycles. The van der Waals surface area contributed by atoms with Crippen molar-refractivity contribution >= 4 is 0 Å². The summed E-state index contributed by atoms with van der Waals surface area (Å²) in [7, 11) is 0. The molecule has 24 heavy (non-hydrogen) atoms. The first-order valence-electron chi connectivity index (χ1n) is 10.1. The molecule has 0 aliphatic heterocycles. The van der Waals surface area contributed by atoms with Crippen LogP contribution in [0, 0.1) is 17.8 Å². The molecule has 4 nitrogen and oxygen atoms in total. The number of aliphatic hydroxyl groups excluding tert-OH is 2. The van der Waals surface area contributed by atoms with Gasteiger partial charge in [0, 0.05) is 12.5 Å². The van der Waals surface area contributed by atoms with Crippen LogP contribution in [0.15, 0.2) is 11.8 Å². The van der Waals surface area contributed by atoms with E-state index >= 15 is 0 Å². The molecule has 2 saturated carbocycles. The van der Waals surface area contributed by atoms with Gasteiger partial charge in [0.15, 0.2) is 0 Å². The summed E-state index contributed by atoms with van der Waals surface area (Å²) in [5, 5.41) is 20.9. The summed E-state index contributed by atoms with van der Waals surface area (Å²) in [6.07, 6.45) is 12.5. The number of allylic oxidation sites excluding steroid dienone is 1. The fourth-order valence-electron chi connectivity index (χ4n) is 4.56. The quantitative estimate of drug-likeness (QED) is 0.394. The van der Waals surface area contributed by atoms with Crippen molar-refractivity contribution in [3.05, 3.63) is 11.8 Å². The summed E-state index contributed by atoms with van der Waals surface area (Å²) < 4.78 is 5.99. The molecule has 2 aliphatic rings. The van der Waals surface area contributed by atoms with E-state index in [1.165, 1.54) is 19.3 Å². The second kappa shape index (κ2) is 10.4. The fourth-order valence-corrected chi connectivity index (χ4v) is 4.56. The SMILES string of the molecule is CCCCCC/C=C(/O)[C@@H]1[C@@H]2C[C@@H](OCCCCN)C[C@@H]2C[C@H]1O. The average Bonchev–Trinajstić information content (AvgIpc) is 3.07. The van der Waals surface area contributed by atoms with Gasteiger partial charge in [0.25, 0.3) is 0 Å². The molecular weight excluding hydrogens is 302 g/mol. The summed E-state index contributed by atoms with van der Waals surface area (Å²) in [5.74, 6) is 1.24. The van der Waals surface area contributed by atoms with E-state index in [2.05, 4.69) is 6.92 Å². The third-order valence-electron chi connectivity index (χ3n) is 5.83. The van der Waals surface area contributed by atoms with Gasteiger partial charge in [0.2, 0.25) is 0 Å². The highest BCUT2D eigenvalue weighted by Gasteiger charge is 2.49. The molecule has 0 amide bonds. The first-order valence-corrected chi connectivity index (χ1v) is 10.1. The molecule has 0 aromatic carbocycles. The molecule has 4 N–H and O–H groups in total. The number of aliphatic hydroxyl groups is 2. The molecule has 140 valence electrons. The predicted molar refractivity (Wildman–Crippen MR) is 97.8 cm³/mol. The van der Waals surface area contributed by atoms with E-state index < -0.39 is 0 Å². The second-order valence-electron chi connectivity index (χ2n) is 7.69. The normalized spacial score (nSPS) is 33.1. The maximum absolute atomic E-state index is 10.5. The number of nitrogens with two attached hydrogens (primary N) is 1. The van der Waals surface area contributed by atoms with Gasteiger partial charge in [-0.2, -0.15) is 0 Å². The van der Waals surface area contributed by atoms with Crippen molar-refractivity contribution in [1.82, 2.24) is 0 Å². The van der Waals surface area contributed by atoms with Gasteiger partial charge in [0.05, 0.1) is 18.0 Å². The van der Waals surface area contributed by atoms with Gasteiger partial charge in [-0.15, -0.1) is 0 Å². The largest absolute Gasteiger partial charge is 0.512 e. The maximum atomic E-state index is 10.5. The third-order valence-corrected chi connectivity index (χ3v) is 5.83. The number of fused-ring (bicyclic) bond motifs is 1. The Labute approximate surface area is 147 Å². The van der Waals surface area contributed by atoms with Gasteiger partial charge in [-0.3, -0.25) is 0 Å². The lowest BCUT2D eigenvalue weighted by Gasteiger charge is -2.21. The lowest BCUT2D eigenvalue weighted by molar-refractivity contribution is 0.0376. The lowest BCUT2D eigenvalue weighted by Crippen LogP contribution is -2.23. The van der Waals surface area contributed by atoms with Crippen LogP contribution >= 0.6 is 0 Å². The second-order valence-corrected chi connectivity index (χ2v) is 7.69. The van der Waals surface area contributed by atoms with Crippen LogP contribution < -0.4 is 5.73 Å². The molecule has 2 fully saturated rings. The van der Waals surface area contributed by atoms with Gasteiger partial charge in [-0.1, -0.05) is 26.2 Å². The van der Waals surface area contributed by atoms with Crippen LogP contribution in [-0.2, 0) is 4.74 Å². The van der Waals surface area contributed by atoms with E-state index in [9.17, 15) is 10.2 Å². The van der Waals surface area contributed by atoms with E-state index in [4.69, 9.17) is 10.5 Å². The van der Waals surface area contributed by atoms with Crippen LogP contribution in [0.5, 0.6) is 0 Å². The molecule has 2 rings (SSSR count). The summed E-state index contributed by atoms with van der Waals surface area (Å²) >= 11 is 0. The fraction of sp³-hybridized carbons (Fsp3) is 0.900. The first kappa shape index (κ1) is 19.7. The highest BCUT2D eigenvalue weighted by molar-refractivity contribution is 5.10. The van der Waals surface area contributed by atoms with E-state index in [-0.39, 0.29) is 12.0 Å². The minimum Gasteiger partial charge on any atom is -0.512 e. The minimum absolute atomic E-state index is 0.0705. The maximum Gasteiger partial charge on any atom is 0.0942 e. The summed E-state index contributed by atoms with van der Waals surface area (Å²) in [4.78, 5) is 0. The predicted octanol–water partition coefficient (Wildman–Crippen LogP) is 3.93. The first-order chi connectivity index (χ1) is 11.7. The van der Waals surface area contributed by atoms with E-state index in [0.29, 0.717) is 23.7 Å². The van der Waals surface area contributed by atoms with E-state index in [1.54, 1.807) is 0 Å².